The number of carbonyl (C=O) groups is 2. The van der Waals surface area contributed by atoms with Gasteiger partial charge in [-0.2, -0.15) is 0 Å². The Balaban J connectivity index is 2.28. The van der Waals surface area contributed by atoms with Gasteiger partial charge in [-0.15, -0.1) is 0 Å². The molecule has 144 valence electrons. The molecular formula is C18H19NO7S. The number of sulfonamides is 1. The van der Waals surface area contributed by atoms with Gasteiger partial charge >= 0.3 is 11.9 Å². The molecular weight excluding hydrogens is 374 g/mol. The minimum Gasteiger partial charge on any atom is -0.494 e. The molecule has 0 saturated carbocycles. The zero-order valence-corrected chi connectivity index (χ0v) is 15.3. The molecule has 0 aliphatic heterocycles. The van der Waals surface area contributed by atoms with Crippen molar-refractivity contribution in [2.24, 2.45) is 0 Å². The number of hydrogen-bond acceptors (Lipinski definition) is 5. The topological polar surface area (TPSA) is 130 Å². The van der Waals surface area contributed by atoms with Crippen LogP contribution >= 0.6 is 0 Å². The second kappa shape index (κ2) is 8.65. The van der Waals surface area contributed by atoms with Crippen molar-refractivity contribution in [1.82, 2.24) is 4.72 Å². The minimum absolute atomic E-state index is 0.0532. The smallest absolute Gasteiger partial charge is 0.335 e. The Bertz CT molecular complexity index is 906. The molecule has 2 aromatic carbocycles. The van der Waals surface area contributed by atoms with Crippen molar-refractivity contribution >= 4 is 22.0 Å². The number of hydrogen-bond donors (Lipinski definition) is 3. The van der Waals surface area contributed by atoms with Crippen LogP contribution < -0.4 is 9.46 Å². The quantitative estimate of drug-likeness (QED) is 0.596. The van der Waals surface area contributed by atoms with Crippen molar-refractivity contribution in [3.8, 4) is 5.75 Å². The summed E-state index contributed by atoms with van der Waals surface area (Å²) < 4.78 is 32.8. The first-order chi connectivity index (χ1) is 12.7. The van der Waals surface area contributed by atoms with Gasteiger partial charge in [0, 0.05) is 0 Å². The number of benzene rings is 2. The van der Waals surface area contributed by atoms with Gasteiger partial charge in [0.2, 0.25) is 10.0 Å². The SMILES string of the molecule is CCOc1ccc([C@@H](CC(=O)O)NS(=O)(=O)c2ccc(C(=O)O)cc2)cc1. The lowest BCUT2D eigenvalue weighted by atomic mass is 10.0. The molecule has 3 N–H and O–H groups in total. The van der Waals surface area contributed by atoms with Crippen LogP contribution in [-0.2, 0) is 14.8 Å². The summed E-state index contributed by atoms with van der Waals surface area (Å²) in [7, 11) is -4.05. The number of carboxylic acids is 2. The van der Waals surface area contributed by atoms with E-state index in [2.05, 4.69) is 4.72 Å². The fraction of sp³-hybridized carbons (Fsp3) is 0.222. The van der Waals surface area contributed by atoms with Crippen LogP contribution in [0.15, 0.2) is 53.4 Å². The van der Waals surface area contributed by atoms with Gasteiger partial charge in [0.15, 0.2) is 0 Å². The summed E-state index contributed by atoms with van der Waals surface area (Å²) in [5.41, 5.74) is 0.411. The van der Waals surface area contributed by atoms with Gasteiger partial charge in [-0.1, -0.05) is 12.1 Å². The molecule has 0 heterocycles. The van der Waals surface area contributed by atoms with Gasteiger partial charge in [0.1, 0.15) is 5.75 Å². The molecule has 27 heavy (non-hydrogen) atoms. The van der Waals surface area contributed by atoms with Gasteiger partial charge in [-0.25, -0.2) is 17.9 Å². The van der Waals surface area contributed by atoms with Gasteiger partial charge < -0.3 is 14.9 Å². The molecule has 0 amide bonds. The molecule has 0 aromatic heterocycles. The maximum Gasteiger partial charge on any atom is 0.335 e. The molecule has 8 nitrogen and oxygen atoms in total. The van der Waals surface area contributed by atoms with E-state index in [9.17, 15) is 18.0 Å². The number of aromatic carboxylic acids is 1. The largest absolute Gasteiger partial charge is 0.494 e. The second-order valence-electron chi connectivity index (χ2n) is 5.60. The van der Waals surface area contributed by atoms with E-state index in [4.69, 9.17) is 14.9 Å². The standard InChI is InChI=1S/C18H19NO7S/c1-2-26-14-7-3-12(4-8-14)16(11-17(20)21)19-27(24,25)15-9-5-13(6-10-15)18(22)23/h3-10,16,19H,2,11H2,1H3,(H,20,21)(H,22,23)/t16-/m1/s1. The summed E-state index contributed by atoms with van der Waals surface area (Å²) in [6.45, 7) is 2.29. The average Bonchev–Trinajstić information content (AvgIpc) is 2.61. The van der Waals surface area contributed by atoms with Crippen LogP contribution in [0.4, 0.5) is 0 Å². The predicted octanol–water partition coefficient (Wildman–Crippen LogP) is 2.28. The minimum atomic E-state index is -4.05. The Kier molecular flexibility index (Phi) is 6.54. The summed E-state index contributed by atoms with van der Waals surface area (Å²) in [6.07, 6.45) is -0.458. The third-order valence-corrected chi connectivity index (χ3v) is 5.17. The fourth-order valence-electron chi connectivity index (χ4n) is 2.40. The van der Waals surface area contributed by atoms with Crippen LogP contribution in [0, 0.1) is 0 Å². The molecule has 0 radical (unpaired) electrons. The van der Waals surface area contributed by atoms with E-state index < -0.39 is 34.4 Å². The molecule has 0 unspecified atom stereocenters. The van der Waals surface area contributed by atoms with E-state index in [1.54, 1.807) is 24.3 Å². The third kappa shape index (κ3) is 5.53. The van der Waals surface area contributed by atoms with Crippen LogP contribution in [0.1, 0.15) is 35.3 Å². The first-order valence-electron chi connectivity index (χ1n) is 8.03. The van der Waals surface area contributed by atoms with Gasteiger partial charge in [-0.05, 0) is 48.9 Å². The highest BCUT2D eigenvalue weighted by Gasteiger charge is 2.24. The molecule has 0 saturated heterocycles. The second-order valence-corrected chi connectivity index (χ2v) is 7.32. The van der Waals surface area contributed by atoms with E-state index >= 15 is 0 Å². The molecule has 2 aromatic rings. The summed E-state index contributed by atoms with van der Waals surface area (Å²) in [4.78, 5) is 21.9. The first kappa shape index (κ1) is 20.4. The van der Waals surface area contributed by atoms with E-state index in [1.165, 1.54) is 12.1 Å². The number of nitrogens with one attached hydrogen (secondary N) is 1. The zero-order valence-electron chi connectivity index (χ0n) is 14.5. The Morgan fingerprint density at radius 1 is 1.04 bits per heavy atom. The number of rotatable bonds is 9. The van der Waals surface area contributed by atoms with Crippen molar-refractivity contribution in [1.29, 1.82) is 0 Å². The lowest BCUT2D eigenvalue weighted by molar-refractivity contribution is -0.137. The summed E-state index contributed by atoms with van der Waals surface area (Å²) >= 11 is 0. The lowest BCUT2D eigenvalue weighted by Gasteiger charge is -2.18. The molecule has 0 aliphatic rings. The third-order valence-electron chi connectivity index (χ3n) is 3.68. The Morgan fingerprint density at radius 3 is 2.11 bits per heavy atom. The van der Waals surface area contributed by atoms with E-state index in [0.29, 0.717) is 17.9 Å². The number of carboxylic acid groups (broad SMARTS) is 2. The molecule has 0 bridgehead atoms. The maximum atomic E-state index is 12.6. The molecule has 2 rings (SSSR count). The molecule has 0 spiro atoms. The van der Waals surface area contributed by atoms with Crippen LogP contribution in [0.25, 0.3) is 0 Å². The Labute approximate surface area is 156 Å². The first-order valence-corrected chi connectivity index (χ1v) is 9.51. The van der Waals surface area contributed by atoms with Crippen LogP contribution in [-0.4, -0.2) is 37.2 Å². The van der Waals surface area contributed by atoms with E-state index in [1.807, 2.05) is 6.92 Å². The molecule has 9 heteroatoms. The monoisotopic (exact) mass is 393 g/mol. The number of ether oxygens (including phenoxy) is 1. The highest BCUT2D eigenvalue weighted by Crippen LogP contribution is 2.23. The Hall–Kier alpha value is -2.91. The van der Waals surface area contributed by atoms with Crippen molar-refractivity contribution in [2.75, 3.05) is 6.61 Å². The average molecular weight is 393 g/mol. The fourth-order valence-corrected chi connectivity index (χ4v) is 3.62. The highest BCUT2D eigenvalue weighted by molar-refractivity contribution is 7.89. The predicted molar refractivity (Wildman–Crippen MR) is 96.3 cm³/mol. The van der Waals surface area contributed by atoms with Gasteiger partial charge in [0.25, 0.3) is 0 Å². The van der Waals surface area contributed by atoms with Crippen LogP contribution in [0.3, 0.4) is 0 Å². The highest BCUT2D eigenvalue weighted by atomic mass is 32.2. The molecule has 0 fully saturated rings. The lowest BCUT2D eigenvalue weighted by Crippen LogP contribution is -2.30. The van der Waals surface area contributed by atoms with Crippen molar-refractivity contribution in [3.05, 3.63) is 59.7 Å². The van der Waals surface area contributed by atoms with Gasteiger partial charge in [0.05, 0.1) is 29.5 Å². The Morgan fingerprint density at radius 2 is 1.63 bits per heavy atom. The molecule has 0 aliphatic carbocycles. The van der Waals surface area contributed by atoms with Gasteiger partial charge in [-0.3, -0.25) is 4.79 Å². The van der Waals surface area contributed by atoms with Crippen LogP contribution in [0.2, 0.25) is 0 Å². The maximum absolute atomic E-state index is 12.6. The molecule has 1 atom stereocenters. The van der Waals surface area contributed by atoms with Crippen molar-refractivity contribution in [3.63, 3.8) is 0 Å². The summed E-state index contributed by atoms with van der Waals surface area (Å²) in [6, 6.07) is 10.1. The van der Waals surface area contributed by atoms with Crippen LogP contribution in [0.5, 0.6) is 5.75 Å². The number of aliphatic carboxylic acids is 1. The van der Waals surface area contributed by atoms with E-state index in [0.717, 1.165) is 12.1 Å². The zero-order chi connectivity index (χ0) is 20.0. The summed E-state index contributed by atoms with van der Waals surface area (Å²) in [5.74, 6) is -1.76. The normalized spacial score (nSPS) is 12.3. The van der Waals surface area contributed by atoms with Crippen molar-refractivity contribution in [2.45, 2.75) is 24.3 Å². The van der Waals surface area contributed by atoms with E-state index in [-0.39, 0.29) is 10.5 Å². The van der Waals surface area contributed by atoms with Crippen molar-refractivity contribution < 1.29 is 33.0 Å². The summed E-state index contributed by atoms with van der Waals surface area (Å²) in [5, 5.41) is 18.0.